The Morgan fingerprint density at radius 1 is 1.18 bits per heavy atom. The third kappa shape index (κ3) is 3.62. The minimum atomic E-state index is -1.24. The number of fused-ring (bicyclic) bond motifs is 2. The molecule has 3 aromatic rings. The molecule has 168 valence electrons. The number of guanidine groups is 1. The van der Waals surface area contributed by atoms with E-state index in [4.69, 9.17) is 22.1 Å². The van der Waals surface area contributed by atoms with E-state index in [1.165, 1.54) is 17.0 Å². The van der Waals surface area contributed by atoms with Crippen LogP contribution in [0.4, 0.5) is 4.39 Å². The van der Waals surface area contributed by atoms with Crippen molar-refractivity contribution in [3.8, 4) is 16.9 Å². The van der Waals surface area contributed by atoms with E-state index < -0.39 is 11.1 Å². The summed E-state index contributed by atoms with van der Waals surface area (Å²) in [5.41, 5.74) is 7.09. The Morgan fingerprint density at radius 2 is 2.00 bits per heavy atom. The van der Waals surface area contributed by atoms with Crippen LogP contribution in [-0.2, 0) is 16.8 Å². The molecule has 0 aliphatic carbocycles. The van der Waals surface area contributed by atoms with E-state index in [0.717, 1.165) is 16.7 Å². The van der Waals surface area contributed by atoms with E-state index in [2.05, 4.69) is 9.98 Å². The molecule has 0 bridgehead atoms. The van der Waals surface area contributed by atoms with Crippen molar-refractivity contribution < 1.29 is 13.9 Å². The standard InChI is InChI=1S/C25H22ClFN4O2/c1-24(11-15-4-3-5-19(27)8-15)14-25(22(32)31(2)23(28)30-25)20-10-16(6-7-21(20)33-24)17-9-18(26)13-29-12-17/h3-10,12-13H,11,14H2,1-2H3,(H2,28,30). The number of hydrogen-bond donors (Lipinski definition) is 1. The summed E-state index contributed by atoms with van der Waals surface area (Å²) in [5, 5.41) is 0.512. The van der Waals surface area contributed by atoms with Crippen molar-refractivity contribution >= 4 is 23.5 Å². The maximum Gasteiger partial charge on any atom is 0.261 e. The van der Waals surface area contributed by atoms with Gasteiger partial charge in [-0.3, -0.25) is 14.7 Å². The summed E-state index contributed by atoms with van der Waals surface area (Å²) in [6.45, 7) is 1.91. The lowest BCUT2D eigenvalue weighted by molar-refractivity contribution is -0.133. The van der Waals surface area contributed by atoms with Gasteiger partial charge < -0.3 is 10.5 Å². The van der Waals surface area contributed by atoms with Crippen molar-refractivity contribution in [3.05, 3.63) is 82.9 Å². The van der Waals surface area contributed by atoms with Crippen LogP contribution in [0.2, 0.25) is 5.02 Å². The molecule has 2 aliphatic heterocycles. The summed E-state index contributed by atoms with van der Waals surface area (Å²) in [4.78, 5) is 23.7. The number of amides is 1. The van der Waals surface area contributed by atoms with Crippen LogP contribution in [0.3, 0.4) is 0 Å². The summed E-state index contributed by atoms with van der Waals surface area (Å²) in [6, 6.07) is 13.8. The van der Waals surface area contributed by atoms with E-state index in [9.17, 15) is 9.18 Å². The number of likely N-dealkylation sites (N-methyl/N-ethyl adjacent to an activating group) is 1. The zero-order valence-corrected chi connectivity index (χ0v) is 18.9. The van der Waals surface area contributed by atoms with Gasteiger partial charge >= 0.3 is 0 Å². The second-order valence-corrected chi connectivity index (χ2v) is 9.27. The van der Waals surface area contributed by atoms with Crippen LogP contribution in [0.5, 0.6) is 5.75 Å². The Bertz CT molecular complexity index is 1310. The summed E-state index contributed by atoms with van der Waals surface area (Å²) in [5.74, 6) is 0.145. The fraction of sp³-hybridized carbons (Fsp3) is 0.240. The number of carbonyl (C=O) groups excluding carboxylic acids is 1. The van der Waals surface area contributed by atoms with Crippen LogP contribution in [0, 0.1) is 5.82 Å². The first-order chi connectivity index (χ1) is 15.7. The first-order valence-electron chi connectivity index (χ1n) is 10.5. The zero-order valence-electron chi connectivity index (χ0n) is 18.2. The summed E-state index contributed by atoms with van der Waals surface area (Å²) < 4.78 is 20.3. The topological polar surface area (TPSA) is 80.8 Å². The van der Waals surface area contributed by atoms with Gasteiger partial charge in [0.25, 0.3) is 5.91 Å². The molecule has 2 aromatic carbocycles. The fourth-order valence-electron chi connectivity index (χ4n) is 4.80. The molecule has 0 saturated carbocycles. The predicted molar refractivity (Wildman–Crippen MR) is 125 cm³/mol. The normalized spacial score (nSPS) is 23.9. The van der Waals surface area contributed by atoms with Gasteiger partial charge in [0, 0.05) is 43.4 Å². The summed E-state index contributed by atoms with van der Waals surface area (Å²) in [6.07, 6.45) is 3.92. The molecule has 2 N–H and O–H groups in total. The third-order valence-electron chi connectivity index (χ3n) is 6.22. The second-order valence-electron chi connectivity index (χ2n) is 8.83. The number of aliphatic imine (C=N–C) groups is 1. The van der Waals surface area contributed by atoms with Gasteiger partial charge in [-0.25, -0.2) is 9.38 Å². The predicted octanol–water partition coefficient (Wildman–Crippen LogP) is 4.31. The van der Waals surface area contributed by atoms with Crippen LogP contribution >= 0.6 is 11.6 Å². The highest BCUT2D eigenvalue weighted by Crippen LogP contribution is 2.50. The molecule has 0 radical (unpaired) electrons. The van der Waals surface area contributed by atoms with Gasteiger partial charge in [-0.1, -0.05) is 29.8 Å². The molecule has 1 aromatic heterocycles. The Kier molecular flexibility index (Phi) is 4.90. The Hall–Kier alpha value is -3.45. The van der Waals surface area contributed by atoms with Crippen LogP contribution < -0.4 is 10.5 Å². The molecule has 2 atom stereocenters. The molecule has 5 rings (SSSR count). The smallest absolute Gasteiger partial charge is 0.261 e. The number of rotatable bonds is 3. The molecule has 8 heteroatoms. The van der Waals surface area contributed by atoms with Crippen molar-refractivity contribution in [3.63, 3.8) is 0 Å². The molecule has 1 amide bonds. The van der Waals surface area contributed by atoms with Crippen molar-refractivity contribution in [2.45, 2.75) is 30.9 Å². The molecular formula is C25H22ClFN4O2. The molecule has 1 spiro atoms. The number of benzene rings is 2. The molecular weight excluding hydrogens is 443 g/mol. The largest absolute Gasteiger partial charge is 0.487 e. The molecule has 3 heterocycles. The number of pyridine rings is 1. The van der Waals surface area contributed by atoms with Gasteiger partial charge in [-0.2, -0.15) is 0 Å². The van der Waals surface area contributed by atoms with Crippen molar-refractivity contribution in [1.29, 1.82) is 0 Å². The molecule has 2 aliphatic rings. The minimum absolute atomic E-state index is 0.149. The highest BCUT2D eigenvalue weighted by molar-refractivity contribution is 6.30. The van der Waals surface area contributed by atoms with Crippen LogP contribution in [-0.4, -0.2) is 34.4 Å². The van der Waals surface area contributed by atoms with Crippen molar-refractivity contribution in [2.75, 3.05) is 7.05 Å². The molecule has 0 fully saturated rings. The first kappa shape index (κ1) is 21.4. The average Bonchev–Trinajstić information content (AvgIpc) is 2.97. The Morgan fingerprint density at radius 3 is 2.70 bits per heavy atom. The van der Waals surface area contributed by atoms with E-state index in [0.29, 0.717) is 22.8 Å². The van der Waals surface area contributed by atoms with Gasteiger partial charge in [-0.05, 0) is 48.4 Å². The van der Waals surface area contributed by atoms with E-state index in [-0.39, 0.29) is 24.1 Å². The van der Waals surface area contributed by atoms with Crippen LogP contribution in [0.1, 0.15) is 24.5 Å². The minimum Gasteiger partial charge on any atom is -0.487 e. The number of hydrogen-bond acceptors (Lipinski definition) is 5. The Labute approximate surface area is 195 Å². The van der Waals surface area contributed by atoms with E-state index >= 15 is 0 Å². The quantitative estimate of drug-likeness (QED) is 0.626. The van der Waals surface area contributed by atoms with Gasteiger partial charge in [0.1, 0.15) is 17.2 Å². The Balaban J connectivity index is 1.64. The summed E-state index contributed by atoms with van der Waals surface area (Å²) in [7, 11) is 1.61. The maximum absolute atomic E-state index is 13.8. The van der Waals surface area contributed by atoms with Crippen LogP contribution in [0.25, 0.3) is 11.1 Å². The highest BCUT2D eigenvalue weighted by atomic mass is 35.5. The van der Waals surface area contributed by atoms with E-state index in [1.807, 2.05) is 31.2 Å². The number of nitrogens with zero attached hydrogens (tertiary/aromatic N) is 3. The van der Waals surface area contributed by atoms with Crippen molar-refractivity contribution in [2.24, 2.45) is 10.7 Å². The molecule has 6 nitrogen and oxygen atoms in total. The van der Waals surface area contributed by atoms with Gasteiger partial charge in [-0.15, -0.1) is 0 Å². The molecule has 0 saturated heterocycles. The number of nitrogens with two attached hydrogens (primary N) is 1. The zero-order chi connectivity index (χ0) is 23.4. The van der Waals surface area contributed by atoms with E-state index in [1.54, 1.807) is 31.6 Å². The number of ether oxygens (including phenoxy) is 1. The first-order valence-corrected chi connectivity index (χ1v) is 10.9. The van der Waals surface area contributed by atoms with Crippen molar-refractivity contribution in [1.82, 2.24) is 9.88 Å². The van der Waals surface area contributed by atoms with Gasteiger partial charge in [0.15, 0.2) is 11.5 Å². The number of aromatic nitrogens is 1. The number of halogens is 2. The van der Waals surface area contributed by atoms with Gasteiger partial charge in [0.2, 0.25) is 0 Å². The lowest BCUT2D eigenvalue weighted by Gasteiger charge is -2.43. The third-order valence-corrected chi connectivity index (χ3v) is 6.43. The second kappa shape index (κ2) is 7.56. The SMILES string of the molecule is CN1C(=O)C2(CC(C)(Cc3cccc(F)c3)Oc3ccc(-c4cncc(Cl)c4)cc32)N=C1N. The van der Waals surface area contributed by atoms with Crippen LogP contribution in [0.15, 0.2) is 65.9 Å². The maximum atomic E-state index is 13.8. The van der Waals surface area contributed by atoms with Gasteiger partial charge in [0.05, 0.1) is 5.02 Å². The molecule has 2 unspecified atom stereocenters. The lowest BCUT2D eigenvalue weighted by atomic mass is 9.74. The summed E-state index contributed by atoms with van der Waals surface area (Å²) >= 11 is 6.13. The molecule has 33 heavy (non-hydrogen) atoms. The lowest BCUT2D eigenvalue weighted by Crippen LogP contribution is -2.51. The monoisotopic (exact) mass is 464 g/mol. The highest BCUT2D eigenvalue weighted by Gasteiger charge is 2.56. The number of carbonyl (C=O) groups is 1. The average molecular weight is 465 g/mol. The fourth-order valence-corrected chi connectivity index (χ4v) is 4.97.